The van der Waals surface area contributed by atoms with Crippen LogP contribution in [0, 0.1) is 11.8 Å². The predicted octanol–water partition coefficient (Wildman–Crippen LogP) is 2.73. The number of carbonyl (C=O) groups excluding carboxylic acids is 1. The smallest absolute Gasteiger partial charge is 0.240 e. The summed E-state index contributed by atoms with van der Waals surface area (Å²) < 4.78 is 1.46. The number of amides is 1. The van der Waals surface area contributed by atoms with E-state index in [1.54, 1.807) is 0 Å². The minimum Gasteiger partial charge on any atom is -0.273 e. The summed E-state index contributed by atoms with van der Waals surface area (Å²) in [4.78, 5) is 11.8. The fraction of sp³-hybridized carbons (Fsp3) is 0.727. The standard InChI is InChI=1S/C11H16ClNO/c1-2-8-6-9-4-3-5-10(7-8)13(12)11(9)14/h2,8-10H,1,3-7H2/t8-,9-,10+/m1/s1. The summed E-state index contributed by atoms with van der Waals surface area (Å²) in [6, 6.07) is 0.236. The van der Waals surface area contributed by atoms with Gasteiger partial charge in [0.2, 0.25) is 5.91 Å². The van der Waals surface area contributed by atoms with Crippen LogP contribution in [0.3, 0.4) is 0 Å². The van der Waals surface area contributed by atoms with Gasteiger partial charge in [-0.25, -0.2) is 0 Å². The first-order chi connectivity index (χ1) is 6.72. The second kappa shape index (κ2) is 3.93. The van der Waals surface area contributed by atoms with Crippen LogP contribution < -0.4 is 0 Å². The second-order valence-corrected chi connectivity index (χ2v) is 4.76. The third kappa shape index (κ3) is 1.68. The van der Waals surface area contributed by atoms with E-state index >= 15 is 0 Å². The maximum Gasteiger partial charge on any atom is 0.240 e. The van der Waals surface area contributed by atoms with Crippen LogP contribution in [0.25, 0.3) is 0 Å². The maximum absolute atomic E-state index is 11.8. The van der Waals surface area contributed by atoms with Gasteiger partial charge in [0.1, 0.15) is 0 Å². The molecule has 2 heterocycles. The molecule has 1 amide bonds. The van der Waals surface area contributed by atoms with Crippen molar-refractivity contribution in [3.63, 3.8) is 0 Å². The molecule has 14 heavy (non-hydrogen) atoms. The molecule has 2 fully saturated rings. The molecule has 0 radical (unpaired) electrons. The highest BCUT2D eigenvalue weighted by Crippen LogP contribution is 2.36. The van der Waals surface area contributed by atoms with Gasteiger partial charge in [-0.15, -0.1) is 6.58 Å². The molecular formula is C11H16ClNO. The minimum atomic E-state index is 0.138. The summed E-state index contributed by atoms with van der Waals surface area (Å²) in [7, 11) is 0. The molecule has 2 bridgehead atoms. The van der Waals surface area contributed by atoms with Gasteiger partial charge in [-0.1, -0.05) is 12.5 Å². The van der Waals surface area contributed by atoms with Gasteiger partial charge in [-0.3, -0.25) is 9.21 Å². The number of carbonyl (C=O) groups is 1. The first-order valence-electron chi connectivity index (χ1n) is 5.33. The van der Waals surface area contributed by atoms with Crippen molar-refractivity contribution in [3.8, 4) is 0 Å². The third-order valence-corrected chi connectivity index (χ3v) is 3.91. The van der Waals surface area contributed by atoms with E-state index in [1.807, 2.05) is 6.08 Å². The average molecular weight is 214 g/mol. The first-order valence-corrected chi connectivity index (χ1v) is 5.67. The van der Waals surface area contributed by atoms with Crippen LogP contribution in [0.2, 0.25) is 0 Å². The largest absolute Gasteiger partial charge is 0.273 e. The lowest BCUT2D eigenvalue weighted by atomic mass is 9.85. The molecular weight excluding hydrogens is 198 g/mol. The van der Waals surface area contributed by atoms with Crippen molar-refractivity contribution in [2.24, 2.45) is 11.8 Å². The Labute approximate surface area is 90.0 Å². The molecule has 2 aliphatic heterocycles. The SMILES string of the molecule is C=C[C@@H]1C[C@H]2CCC[C@@H](C1)N(Cl)C2=O. The zero-order valence-electron chi connectivity index (χ0n) is 8.29. The minimum absolute atomic E-state index is 0.138. The number of fused-ring (bicyclic) bond motifs is 3. The van der Waals surface area contributed by atoms with Gasteiger partial charge in [-0.05, 0) is 31.6 Å². The lowest BCUT2D eigenvalue weighted by Crippen LogP contribution is -2.31. The highest BCUT2D eigenvalue weighted by atomic mass is 35.5. The third-order valence-electron chi connectivity index (χ3n) is 3.47. The van der Waals surface area contributed by atoms with Gasteiger partial charge in [0.05, 0.1) is 0 Å². The molecule has 2 rings (SSSR count). The normalized spacial score (nSPS) is 37.9. The van der Waals surface area contributed by atoms with Crippen molar-refractivity contribution >= 4 is 17.7 Å². The van der Waals surface area contributed by atoms with Crippen LogP contribution in [-0.4, -0.2) is 16.4 Å². The van der Waals surface area contributed by atoms with Crippen molar-refractivity contribution < 1.29 is 4.79 Å². The molecule has 0 spiro atoms. The van der Waals surface area contributed by atoms with E-state index in [-0.39, 0.29) is 17.9 Å². The maximum atomic E-state index is 11.8. The second-order valence-electron chi connectivity index (χ2n) is 4.40. The average Bonchev–Trinajstić information content (AvgIpc) is 2.33. The molecule has 78 valence electrons. The molecule has 3 heteroatoms. The summed E-state index contributed by atoms with van der Waals surface area (Å²) in [6.07, 6.45) is 7.11. The molecule has 0 saturated carbocycles. The van der Waals surface area contributed by atoms with E-state index in [0.717, 1.165) is 32.1 Å². The van der Waals surface area contributed by atoms with Crippen LogP contribution in [0.15, 0.2) is 12.7 Å². The predicted molar refractivity (Wildman–Crippen MR) is 56.7 cm³/mol. The Morgan fingerprint density at radius 3 is 2.93 bits per heavy atom. The topological polar surface area (TPSA) is 20.3 Å². The van der Waals surface area contributed by atoms with E-state index in [0.29, 0.717) is 5.92 Å². The van der Waals surface area contributed by atoms with Crippen LogP contribution >= 0.6 is 11.8 Å². The number of allylic oxidation sites excluding steroid dienone is 1. The summed E-state index contributed by atoms with van der Waals surface area (Å²) in [5.41, 5.74) is 0. The van der Waals surface area contributed by atoms with E-state index in [1.165, 1.54) is 4.42 Å². The summed E-state index contributed by atoms with van der Waals surface area (Å²) in [5, 5.41) is 0. The molecule has 2 saturated heterocycles. The Hall–Kier alpha value is -0.500. The first kappa shape index (κ1) is 10.0. The Bertz CT molecular complexity index is 254. The zero-order chi connectivity index (χ0) is 10.1. The lowest BCUT2D eigenvalue weighted by molar-refractivity contribution is -0.131. The quantitative estimate of drug-likeness (QED) is 0.485. The summed E-state index contributed by atoms with van der Waals surface area (Å²) >= 11 is 6.04. The number of hydrogen-bond donors (Lipinski definition) is 0. The highest BCUT2D eigenvalue weighted by Gasteiger charge is 2.37. The summed E-state index contributed by atoms with van der Waals surface area (Å²) in [6.45, 7) is 3.83. The Morgan fingerprint density at radius 1 is 1.43 bits per heavy atom. The van der Waals surface area contributed by atoms with E-state index in [9.17, 15) is 4.79 Å². The zero-order valence-corrected chi connectivity index (χ0v) is 9.04. The number of halogens is 1. The van der Waals surface area contributed by atoms with Crippen LogP contribution in [0.4, 0.5) is 0 Å². The molecule has 0 aromatic rings. The molecule has 3 atom stereocenters. The van der Waals surface area contributed by atoms with Crippen molar-refractivity contribution in [1.82, 2.24) is 4.42 Å². The molecule has 0 aromatic heterocycles. The van der Waals surface area contributed by atoms with Gasteiger partial charge in [0.25, 0.3) is 0 Å². The van der Waals surface area contributed by atoms with E-state index < -0.39 is 0 Å². The highest BCUT2D eigenvalue weighted by molar-refractivity contribution is 6.21. The fourth-order valence-electron chi connectivity index (χ4n) is 2.62. The summed E-state index contributed by atoms with van der Waals surface area (Å²) in [5.74, 6) is 0.750. The molecule has 0 aliphatic carbocycles. The van der Waals surface area contributed by atoms with Gasteiger partial charge in [0, 0.05) is 23.7 Å². The van der Waals surface area contributed by atoms with E-state index in [2.05, 4.69) is 6.58 Å². The fourth-order valence-corrected chi connectivity index (χ4v) is 2.94. The molecule has 2 aliphatic rings. The van der Waals surface area contributed by atoms with Gasteiger partial charge in [-0.2, -0.15) is 0 Å². The van der Waals surface area contributed by atoms with Crippen molar-refractivity contribution in [2.45, 2.75) is 38.1 Å². The molecule has 0 N–H and O–H groups in total. The van der Waals surface area contributed by atoms with Gasteiger partial charge in [0.15, 0.2) is 0 Å². The van der Waals surface area contributed by atoms with Crippen LogP contribution in [0.5, 0.6) is 0 Å². The van der Waals surface area contributed by atoms with Crippen LogP contribution in [-0.2, 0) is 4.79 Å². The monoisotopic (exact) mass is 213 g/mol. The van der Waals surface area contributed by atoms with Gasteiger partial charge >= 0.3 is 0 Å². The Morgan fingerprint density at radius 2 is 2.21 bits per heavy atom. The lowest BCUT2D eigenvalue weighted by Gasteiger charge is -2.22. The van der Waals surface area contributed by atoms with Crippen molar-refractivity contribution in [1.29, 1.82) is 0 Å². The Balaban J connectivity index is 2.24. The van der Waals surface area contributed by atoms with E-state index in [4.69, 9.17) is 11.8 Å². The number of rotatable bonds is 1. The van der Waals surface area contributed by atoms with Crippen molar-refractivity contribution in [3.05, 3.63) is 12.7 Å². The van der Waals surface area contributed by atoms with Crippen molar-refractivity contribution in [2.75, 3.05) is 0 Å². The van der Waals surface area contributed by atoms with Gasteiger partial charge < -0.3 is 0 Å². The Kier molecular flexibility index (Phi) is 2.82. The molecule has 0 aromatic carbocycles. The number of hydrogen-bond acceptors (Lipinski definition) is 1. The van der Waals surface area contributed by atoms with Crippen LogP contribution in [0.1, 0.15) is 32.1 Å². The number of nitrogens with zero attached hydrogens (tertiary/aromatic N) is 1. The molecule has 2 nitrogen and oxygen atoms in total. The molecule has 0 unspecified atom stereocenters.